The summed E-state index contributed by atoms with van der Waals surface area (Å²) in [7, 11) is 1.96. The van der Waals surface area contributed by atoms with Crippen molar-refractivity contribution >= 4 is 0 Å². The number of hydrogen-bond donors (Lipinski definition) is 1. The van der Waals surface area contributed by atoms with E-state index in [-0.39, 0.29) is 6.04 Å². The molecule has 0 amide bonds. The number of halogens is 2. The second-order valence-corrected chi connectivity index (χ2v) is 5.53. The first kappa shape index (κ1) is 14.4. The number of likely N-dealkylation sites (tertiary alicyclic amines) is 1. The summed E-state index contributed by atoms with van der Waals surface area (Å²) in [5.74, 6) is -1.53. The Kier molecular flexibility index (Phi) is 4.53. The van der Waals surface area contributed by atoms with Crippen LogP contribution in [0.15, 0.2) is 18.2 Å². The largest absolute Gasteiger partial charge is 0.317 e. The van der Waals surface area contributed by atoms with Crippen LogP contribution in [0.4, 0.5) is 8.78 Å². The summed E-state index contributed by atoms with van der Waals surface area (Å²) >= 11 is 0. The number of nitrogens with one attached hydrogen (secondary N) is 1. The van der Waals surface area contributed by atoms with Gasteiger partial charge in [0.05, 0.1) is 0 Å². The van der Waals surface area contributed by atoms with Crippen molar-refractivity contribution < 1.29 is 8.78 Å². The molecule has 4 heteroatoms. The maximum atomic E-state index is 13.4. The lowest BCUT2D eigenvalue weighted by molar-refractivity contribution is 0.0942. The molecule has 0 bridgehead atoms. The van der Waals surface area contributed by atoms with Crippen LogP contribution in [0, 0.1) is 11.6 Å². The van der Waals surface area contributed by atoms with Gasteiger partial charge in [0.1, 0.15) is 0 Å². The summed E-state index contributed by atoms with van der Waals surface area (Å²) in [6.07, 6.45) is 2.02. The molecule has 0 aliphatic carbocycles. The predicted molar refractivity (Wildman–Crippen MR) is 73.0 cm³/mol. The van der Waals surface area contributed by atoms with E-state index in [0.717, 1.165) is 24.9 Å². The Hall–Kier alpha value is -1.00. The van der Waals surface area contributed by atoms with E-state index >= 15 is 0 Å². The lowest BCUT2D eigenvalue weighted by atomic mass is 9.90. The molecule has 2 nitrogen and oxygen atoms in total. The highest BCUT2D eigenvalue weighted by Gasteiger charge is 2.30. The van der Waals surface area contributed by atoms with Gasteiger partial charge in [0, 0.05) is 24.7 Å². The maximum absolute atomic E-state index is 13.4. The average Bonchev–Trinajstić information content (AvgIpc) is 2.41. The summed E-state index contributed by atoms with van der Waals surface area (Å²) in [5.41, 5.74) is 0.868. The van der Waals surface area contributed by atoms with Crippen LogP contribution in [0.3, 0.4) is 0 Å². The molecule has 1 aliphatic rings. The quantitative estimate of drug-likeness (QED) is 0.906. The van der Waals surface area contributed by atoms with Gasteiger partial charge in [-0.2, -0.15) is 0 Å². The molecule has 0 spiro atoms. The molecule has 2 atom stereocenters. The van der Waals surface area contributed by atoms with Crippen molar-refractivity contribution in [2.45, 2.75) is 44.8 Å². The molecule has 0 aromatic heterocycles. The van der Waals surface area contributed by atoms with Gasteiger partial charge in [-0.05, 0) is 51.4 Å². The second-order valence-electron chi connectivity index (χ2n) is 5.53. The van der Waals surface area contributed by atoms with Gasteiger partial charge in [-0.25, -0.2) is 8.78 Å². The predicted octanol–water partition coefficient (Wildman–Crippen LogP) is 3.10. The molecular weight excluding hydrogens is 246 g/mol. The van der Waals surface area contributed by atoms with Crippen LogP contribution >= 0.6 is 0 Å². The molecule has 0 radical (unpaired) electrons. The molecule has 2 rings (SSSR count). The third-order valence-corrected chi connectivity index (χ3v) is 4.04. The Morgan fingerprint density at radius 1 is 1.26 bits per heavy atom. The van der Waals surface area contributed by atoms with E-state index in [1.54, 1.807) is 6.07 Å². The fourth-order valence-electron chi connectivity index (χ4n) is 2.91. The van der Waals surface area contributed by atoms with Gasteiger partial charge < -0.3 is 5.32 Å². The zero-order valence-corrected chi connectivity index (χ0v) is 11.8. The lowest BCUT2D eigenvalue weighted by Gasteiger charge is -2.42. The number of hydrogen-bond acceptors (Lipinski definition) is 2. The highest BCUT2D eigenvalue weighted by molar-refractivity contribution is 5.22. The van der Waals surface area contributed by atoms with Gasteiger partial charge >= 0.3 is 0 Å². The molecule has 1 aliphatic heterocycles. The summed E-state index contributed by atoms with van der Waals surface area (Å²) in [6.45, 7) is 5.27. The van der Waals surface area contributed by atoms with Crippen LogP contribution < -0.4 is 5.32 Å². The van der Waals surface area contributed by atoms with Crippen molar-refractivity contribution in [3.8, 4) is 0 Å². The van der Waals surface area contributed by atoms with Crippen LogP contribution in [0.1, 0.15) is 38.3 Å². The summed E-state index contributed by atoms with van der Waals surface area (Å²) in [6, 6.07) is 5.26. The summed E-state index contributed by atoms with van der Waals surface area (Å²) in [5, 5.41) is 3.29. The highest BCUT2D eigenvalue weighted by Crippen LogP contribution is 2.33. The summed E-state index contributed by atoms with van der Waals surface area (Å²) < 4.78 is 26.5. The molecule has 0 saturated carbocycles. The normalized spacial score (nSPS) is 24.9. The van der Waals surface area contributed by atoms with Crippen molar-refractivity contribution in [3.63, 3.8) is 0 Å². The maximum Gasteiger partial charge on any atom is 0.159 e. The molecule has 1 N–H and O–H groups in total. The molecule has 1 aromatic rings. The first-order valence-corrected chi connectivity index (χ1v) is 6.91. The molecule has 0 unspecified atom stereocenters. The Labute approximate surface area is 113 Å². The SMILES string of the molecule is CN[C@@H]1CCN(C(C)C)[C@H](c2ccc(F)c(F)c2)C1. The molecule has 1 aromatic carbocycles. The Morgan fingerprint density at radius 3 is 2.58 bits per heavy atom. The van der Waals surface area contributed by atoms with Crippen LogP contribution in [-0.4, -0.2) is 30.6 Å². The van der Waals surface area contributed by atoms with Gasteiger partial charge in [-0.3, -0.25) is 4.90 Å². The van der Waals surface area contributed by atoms with Crippen LogP contribution in [0.2, 0.25) is 0 Å². The zero-order chi connectivity index (χ0) is 14.0. The second kappa shape index (κ2) is 5.97. The number of benzene rings is 1. The smallest absolute Gasteiger partial charge is 0.159 e. The van der Waals surface area contributed by atoms with E-state index in [1.807, 2.05) is 7.05 Å². The lowest BCUT2D eigenvalue weighted by Crippen LogP contribution is -2.46. The van der Waals surface area contributed by atoms with Crippen molar-refractivity contribution in [2.75, 3.05) is 13.6 Å². The van der Waals surface area contributed by atoms with Crippen molar-refractivity contribution in [1.29, 1.82) is 0 Å². The van der Waals surface area contributed by atoms with Gasteiger partial charge in [-0.1, -0.05) is 6.07 Å². The van der Waals surface area contributed by atoms with Crippen LogP contribution in [-0.2, 0) is 0 Å². The minimum atomic E-state index is -0.777. The van der Waals surface area contributed by atoms with E-state index in [9.17, 15) is 8.78 Å². The first-order valence-electron chi connectivity index (χ1n) is 6.91. The minimum absolute atomic E-state index is 0.154. The third-order valence-electron chi connectivity index (χ3n) is 4.04. The molecule has 1 heterocycles. The highest BCUT2D eigenvalue weighted by atomic mass is 19.2. The van der Waals surface area contributed by atoms with Crippen LogP contribution in [0.5, 0.6) is 0 Å². The van der Waals surface area contributed by atoms with Crippen molar-refractivity contribution in [2.24, 2.45) is 0 Å². The Morgan fingerprint density at radius 2 is 2.00 bits per heavy atom. The third kappa shape index (κ3) is 3.12. The number of piperidine rings is 1. The van der Waals surface area contributed by atoms with E-state index in [4.69, 9.17) is 0 Å². The molecule has 1 fully saturated rings. The van der Waals surface area contributed by atoms with E-state index in [0.29, 0.717) is 12.1 Å². The Balaban J connectivity index is 2.27. The van der Waals surface area contributed by atoms with E-state index < -0.39 is 11.6 Å². The van der Waals surface area contributed by atoms with Gasteiger partial charge in [0.15, 0.2) is 11.6 Å². The molecular formula is C15H22F2N2. The molecule has 1 saturated heterocycles. The number of nitrogens with zero attached hydrogens (tertiary/aromatic N) is 1. The molecule has 106 valence electrons. The van der Waals surface area contributed by atoms with Gasteiger partial charge in [0.2, 0.25) is 0 Å². The van der Waals surface area contributed by atoms with Crippen molar-refractivity contribution in [3.05, 3.63) is 35.4 Å². The number of rotatable bonds is 3. The summed E-state index contributed by atoms with van der Waals surface area (Å²) in [4.78, 5) is 2.36. The van der Waals surface area contributed by atoms with Crippen LogP contribution in [0.25, 0.3) is 0 Å². The zero-order valence-electron chi connectivity index (χ0n) is 11.8. The standard InChI is InChI=1S/C15H22F2N2/c1-10(2)19-7-6-12(18-3)9-15(19)11-4-5-13(16)14(17)8-11/h4-5,8,10,12,15,18H,6-7,9H2,1-3H3/t12-,15+/m1/s1. The van der Waals surface area contributed by atoms with Crippen molar-refractivity contribution in [1.82, 2.24) is 10.2 Å². The average molecular weight is 268 g/mol. The molecule has 19 heavy (non-hydrogen) atoms. The monoisotopic (exact) mass is 268 g/mol. The van der Waals surface area contributed by atoms with E-state index in [2.05, 4.69) is 24.1 Å². The topological polar surface area (TPSA) is 15.3 Å². The van der Waals surface area contributed by atoms with E-state index in [1.165, 1.54) is 12.1 Å². The van der Waals surface area contributed by atoms with Gasteiger partial charge in [0.25, 0.3) is 0 Å². The Bertz CT molecular complexity index is 434. The fraction of sp³-hybridized carbons (Fsp3) is 0.600. The minimum Gasteiger partial charge on any atom is -0.317 e. The van der Waals surface area contributed by atoms with Gasteiger partial charge in [-0.15, -0.1) is 0 Å². The fourth-order valence-corrected chi connectivity index (χ4v) is 2.91. The first-order chi connectivity index (χ1) is 9.02.